The lowest BCUT2D eigenvalue weighted by Crippen LogP contribution is -2.12. The summed E-state index contributed by atoms with van der Waals surface area (Å²) in [7, 11) is 1.58. The summed E-state index contributed by atoms with van der Waals surface area (Å²) >= 11 is 1.14. The molecule has 2 aromatic heterocycles. The van der Waals surface area contributed by atoms with Crippen LogP contribution in [0.5, 0.6) is 0 Å². The zero-order chi connectivity index (χ0) is 14.9. The molecule has 0 radical (unpaired) electrons. The van der Waals surface area contributed by atoms with Crippen LogP contribution < -0.4 is 5.69 Å². The topological polar surface area (TPSA) is 101 Å². The van der Waals surface area contributed by atoms with Gasteiger partial charge in [0.25, 0.3) is 0 Å². The molecule has 2 aromatic rings. The molecule has 106 valence electrons. The molecule has 2 heterocycles. The molecule has 20 heavy (non-hydrogen) atoms. The summed E-state index contributed by atoms with van der Waals surface area (Å²) in [5, 5.41) is 16.2. The summed E-state index contributed by atoms with van der Waals surface area (Å²) in [6.45, 7) is 3.87. The molecule has 0 aromatic carbocycles. The second kappa shape index (κ2) is 5.49. The molecule has 0 atom stereocenters. The minimum absolute atomic E-state index is 0.108. The number of aromatic amines is 1. The van der Waals surface area contributed by atoms with Gasteiger partial charge in [-0.2, -0.15) is 0 Å². The molecule has 7 nitrogen and oxygen atoms in total. The molecule has 0 unspecified atom stereocenters. The Hall–Kier alpha value is -2.09. The Kier molecular flexibility index (Phi) is 3.93. The molecule has 8 heteroatoms. The Morgan fingerprint density at radius 2 is 2.15 bits per heavy atom. The second-order valence-electron chi connectivity index (χ2n) is 4.55. The number of hydrogen-bond donors (Lipinski definition) is 2. The number of aromatic nitrogens is 4. The Bertz CT molecular complexity index is 705. The van der Waals surface area contributed by atoms with E-state index in [-0.39, 0.29) is 17.2 Å². The van der Waals surface area contributed by atoms with Gasteiger partial charge in [-0.3, -0.25) is 4.57 Å². The summed E-state index contributed by atoms with van der Waals surface area (Å²) in [6.07, 6.45) is 0. The standard InChI is InChI=1S/C12H14N4O3S/c1-6(2)8-4-7(10(17)18)5-9(13-8)20-12-15-14-11(19)16(12)3/h4-6H,1-3H3,(H,14,19)(H,17,18). The van der Waals surface area contributed by atoms with E-state index in [2.05, 4.69) is 15.2 Å². The maximum absolute atomic E-state index is 11.3. The highest BCUT2D eigenvalue weighted by Crippen LogP contribution is 2.26. The number of carboxylic acids is 1. The predicted molar refractivity (Wildman–Crippen MR) is 73.2 cm³/mol. The molecule has 0 bridgehead atoms. The number of pyridine rings is 1. The third-order valence-electron chi connectivity index (χ3n) is 2.69. The molecule has 2 rings (SSSR count). The average Bonchev–Trinajstić information content (AvgIpc) is 2.70. The SMILES string of the molecule is CC(C)c1cc(C(=O)O)cc(Sc2n[nH]c(=O)n2C)n1. The lowest BCUT2D eigenvalue weighted by atomic mass is 10.1. The van der Waals surface area contributed by atoms with Crippen molar-refractivity contribution in [1.29, 1.82) is 0 Å². The van der Waals surface area contributed by atoms with Crippen molar-refractivity contribution in [3.8, 4) is 0 Å². The third kappa shape index (κ3) is 2.90. The number of carboxylic acid groups (broad SMARTS) is 1. The molecular formula is C12H14N4O3S. The van der Waals surface area contributed by atoms with Gasteiger partial charge in [0, 0.05) is 12.7 Å². The summed E-state index contributed by atoms with van der Waals surface area (Å²) in [5.74, 6) is -0.899. The first kappa shape index (κ1) is 14.3. The molecule has 0 aliphatic heterocycles. The molecule has 0 fully saturated rings. The Balaban J connectivity index is 2.43. The summed E-state index contributed by atoms with van der Waals surface area (Å²) in [5.41, 5.74) is 0.533. The van der Waals surface area contributed by atoms with Crippen LogP contribution in [-0.4, -0.2) is 30.8 Å². The van der Waals surface area contributed by atoms with Gasteiger partial charge in [0.1, 0.15) is 5.03 Å². The van der Waals surface area contributed by atoms with Crippen molar-refractivity contribution in [1.82, 2.24) is 19.7 Å². The maximum atomic E-state index is 11.3. The van der Waals surface area contributed by atoms with E-state index in [4.69, 9.17) is 5.11 Å². The Morgan fingerprint density at radius 1 is 1.45 bits per heavy atom. The maximum Gasteiger partial charge on any atom is 0.343 e. The van der Waals surface area contributed by atoms with Gasteiger partial charge in [0.15, 0.2) is 5.16 Å². The quantitative estimate of drug-likeness (QED) is 0.885. The summed E-state index contributed by atoms with van der Waals surface area (Å²) in [6, 6.07) is 3.03. The smallest absolute Gasteiger partial charge is 0.343 e. The van der Waals surface area contributed by atoms with Crippen LogP contribution in [0.25, 0.3) is 0 Å². The van der Waals surface area contributed by atoms with Crippen LogP contribution >= 0.6 is 11.8 Å². The van der Waals surface area contributed by atoms with E-state index >= 15 is 0 Å². The number of rotatable bonds is 4. The highest BCUT2D eigenvalue weighted by atomic mass is 32.2. The number of carbonyl (C=O) groups is 1. The van der Waals surface area contributed by atoms with Gasteiger partial charge in [-0.05, 0) is 29.8 Å². The van der Waals surface area contributed by atoms with Crippen LogP contribution in [0, 0.1) is 0 Å². The highest BCUT2D eigenvalue weighted by molar-refractivity contribution is 7.99. The fourth-order valence-electron chi connectivity index (χ4n) is 1.51. The minimum Gasteiger partial charge on any atom is -0.478 e. The summed E-state index contributed by atoms with van der Waals surface area (Å²) < 4.78 is 1.34. The van der Waals surface area contributed by atoms with Crippen molar-refractivity contribution >= 4 is 17.7 Å². The molecule has 2 N–H and O–H groups in total. The number of nitrogens with one attached hydrogen (secondary N) is 1. The third-order valence-corrected chi connectivity index (χ3v) is 3.66. The lowest BCUT2D eigenvalue weighted by Gasteiger charge is -2.08. The first-order chi connectivity index (χ1) is 9.38. The fourth-order valence-corrected chi connectivity index (χ4v) is 2.35. The van der Waals surface area contributed by atoms with E-state index < -0.39 is 5.97 Å². The molecule has 0 spiro atoms. The van der Waals surface area contributed by atoms with Crippen LogP contribution in [0.3, 0.4) is 0 Å². The van der Waals surface area contributed by atoms with Crippen molar-refractivity contribution in [2.24, 2.45) is 7.05 Å². The van der Waals surface area contributed by atoms with Gasteiger partial charge in [0.2, 0.25) is 0 Å². The monoisotopic (exact) mass is 294 g/mol. The first-order valence-electron chi connectivity index (χ1n) is 5.93. The minimum atomic E-state index is -1.01. The Labute approximate surface area is 119 Å². The van der Waals surface area contributed by atoms with Crippen LogP contribution in [-0.2, 0) is 7.05 Å². The van der Waals surface area contributed by atoms with Gasteiger partial charge in [0.05, 0.1) is 5.56 Å². The highest BCUT2D eigenvalue weighted by Gasteiger charge is 2.14. The van der Waals surface area contributed by atoms with E-state index in [1.807, 2.05) is 13.8 Å². The van der Waals surface area contributed by atoms with E-state index in [1.54, 1.807) is 13.1 Å². The second-order valence-corrected chi connectivity index (χ2v) is 5.54. The summed E-state index contributed by atoms with van der Waals surface area (Å²) in [4.78, 5) is 26.8. The number of nitrogens with zero attached hydrogens (tertiary/aromatic N) is 3. The van der Waals surface area contributed by atoms with Crippen LogP contribution in [0.4, 0.5) is 0 Å². The van der Waals surface area contributed by atoms with Gasteiger partial charge in [-0.1, -0.05) is 13.8 Å². The molecular weight excluding hydrogens is 280 g/mol. The van der Waals surface area contributed by atoms with Crippen LogP contribution in [0.1, 0.15) is 35.8 Å². The van der Waals surface area contributed by atoms with E-state index in [0.29, 0.717) is 15.9 Å². The van der Waals surface area contributed by atoms with Crippen molar-refractivity contribution in [3.63, 3.8) is 0 Å². The van der Waals surface area contributed by atoms with Gasteiger partial charge < -0.3 is 5.11 Å². The zero-order valence-corrected chi connectivity index (χ0v) is 12.1. The molecule has 0 saturated carbocycles. The molecule has 0 saturated heterocycles. The number of hydrogen-bond acceptors (Lipinski definition) is 5. The normalized spacial score (nSPS) is 11.0. The fraction of sp³-hybridized carbons (Fsp3) is 0.333. The molecule has 0 amide bonds. The van der Waals surface area contributed by atoms with Crippen molar-refractivity contribution in [2.45, 2.75) is 29.9 Å². The number of aromatic carboxylic acids is 1. The van der Waals surface area contributed by atoms with E-state index in [0.717, 1.165) is 11.8 Å². The van der Waals surface area contributed by atoms with Gasteiger partial charge >= 0.3 is 11.7 Å². The predicted octanol–water partition coefficient (Wildman–Crippen LogP) is 1.48. The van der Waals surface area contributed by atoms with Crippen molar-refractivity contribution < 1.29 is 9.90 Å². The molecule has 0 aliphatic carbocycles. The molecule has 0 aliphatic rings. The largest absolute Gasteiger partial charge is 0.478 e. The Morgan fingerprint density at radius 3 is 2.65 bits per heavy atom. The van der Waals surface area contributed by atoms with Gasteiger partial charge in [-0.15, -0.1) is 5.10 Å². The zero-order valence-electron chi connectivity index (χ0n) is 11.2. The van der Waals surface area contributed by atoms with E-state index in [9.17, 15) is 9.59 Å². The van der Waals surface area contributed by atoms with Crippen LogP contribution in [0.2, 0.25) is 0 Å². The first-order valence-corrected chi connectivity index (χ1v) is 6.74. The van der Waals surface area contributed by atoms with Gasteiger partial charge in [-0.25, -0.2) is 19.7 Å². The van der Waals surface area contributed by atoms with E-state index in [1.165, 1.54) is 10.6 Å². The van der Waals surface area contributed by atoms with Crippen molar-refractivity contribution in [2.75, 3.05) is 0 Å². The van der Waals surface area contributed by atoms with Crippen molar-refractivity contribution in [3.05, 3.63) is 33.9 Å². The number of H-pyrrole nitrogens is 1. The lowest BCUT2D eigenvalue weighted by molar-refractivity contribution is 0.0696. The average molecular weight is 294 g/mol. The van der Waals surface area contributed by atoms with Crippen LogP contribution in [0.15, 0.2) is 27.1 Å².